The van der Waals surface area contributed by atoms with E-state index in [1.165, 1.54) is 24.8 Å². The fourth-order valence-corrected chi connectivity index (χ4v) is 2.05. The Kier molecular flexibility index (Phi) is 2.83. The Hall–Kier alpha value is -1.76. The zero-order valence-electron chi connectivity index (χ0n) is 9.73. The molecule has 0 amide bonds. The maximum Gasteiger partial charge on any atom is 0.127 e. The summed E-state index contributed by atoms with van der Waals surface area (Å²) in [6.45, 7) is 0. The van der Waals surface area contributed by atoms with Crippen LogP contribution in [0.4, 0.5) is 0 Å². The lowest BCUT2D eigenvalue weighted by atomic mass is 9.80. The molecule has 1 fully saturated rings. The van der Waals surface area contributed by atoms with E-state index in [1.54, 1.807) is 5.92 Å². The number of para-hydroxylation sites is 1. The highest BCUT2D eigenvalue weighted by atomic mass is 16.5. The largest absolute Gasteiger partial charge is 0.457 e. The Morgan fingerprint density at radius 2 is 1.53 bits per heavy atom. The standard InChI is InChI=1S/C16H15O/c1-2-9-15(10-3-1)17-16-11-5-8-14(12-16)13-6-4-7-13/h1-3,5,8-12H,4,6-7H2. The molecular weight excluding hydrogens is 208 g/mol. The molecule has 0 atom stereocenters. The van der Waals surface area contributed by atoms with Gasteiger partial charge in [-0.15, -0.1) is 0 Å². The zero-order chi connectivity index (χ0) is 11.5. The molecule has 0 heterocycles. The van der Waals surface area contributed by atoms with Crippen molar-refractivity contribution in [3.8, 4) is 11.5 Å². The van der Waals surface area contributed by atoms with Crippen molar-refractivity contribution in [2.45, 2.75) is 19.3 Å². The van der Waals surface area contributed by atoms with Crippen LogP contribution in [0.3, 0.4) is 0 Å². The van der Waals surface area contributed by atoms with Gasteiger partial charge in [-0.1, -0.05) is 36.8 Å². The summed E-state index contributed by atoms with van der Waals surface area (Å²) >= 11 is 0. The molecule has 0 bridgehead atoms. The molecule has 1 heteroatoms. The summed E-state index contributed by atoms with van der Waals surface area (Å²) in [6.07, 6.45) is 3.82. The van der Waals surface area contributed by atoms with E-state index in [2.05, 4.69) is 18.2 Å². The summed E-state index contributed by atoms with van der Waals surface area (Å²) in [5, 5.41) is 0. The molecule has 2 aromatic rings. The average Bonchev–Trinajstić information content (AvgIpc) is 2.28. The van der Waals surface area contributed by atoms with Crippen molar-refractivity contribution in [3.05, 3.63) is 66.1 Å². The number of ether oxygens (including phenoxy) is 1. The Balaban J connectivity index is 1.79. The van der Waals surface area contributed by atoms with Gasteiger partial charge in [0.15, 0.2) is 0 Å². The van der Waals surface area contributed by atoms with Gasteiger partial charge in [0.1, 0.15) is 11.5 Å². The third-order valence-corrected chi connectivity index (χ3v) is 3.18. The van der Waals surface area contributed by atoms with Gasteiger partial charge in [0.2, 0.25) is 0 Å². The van der Waals surface area contributed by atoms with Crippen LogP contribution in [0.25, 0.3) is 0 Å². The Morgan fingerprint density at radius 1 is 0.765 bits per heavy atom. The van der Waals surface area contributed by atoms with Gasteiger partial charge >= 0.3 is 0 Å². The lowest BCUT2D eigenvalue weighted by Gasteiger charge is -2.25. The van der Waals surface area contributed by atoms with Crippen molar-refractivity contribution in [1.29, 1.82) is 0 Å². The number of hydrogen-bond donors (Lipinski definition) is 0. The second-order valence-electron chi connectivity index (χ2n) is 4.40. The van der Waals surface area contributed by atoms with E-state index < -0.39 is 0 Å². The molecule has 1 saturated carbocycles. The van der Waals surface area contributed by atoms with Crippen molar-refractivity contribution in [2.75, 3.05) is 0 Å². The normalized spacial score (nSPS) is 15.3. The van der Waals surface area contributed by atoms with E-state index in [0.29, 0.717) is 0 Å². The first kappa shape index (κ1) is 10.4. The molecular formula is C16H15O. The molecule has 1 aliphatic carbocycles. The summed E-state index contributed by atoms with van der Waals surface area (Å²) < 4.78 is 5.82. The van der Waals surface area contributed by atoms with Gasteiger partial charge in [0.25, 0.3) is 0 Å². The van der Waals surface area contributed by atoms with Gasteiger partial charge in [-0.2, -0.15) is 0 Å². The molecule has 1 aliphatic rings. The van der Waals surface area contributed by atoms with Crippen LogP contribution in [0, 0.1) is 5.92 Å². The molecule has 17 heavy (non-hydrogen) atoms. The third kappa shape index (κ3) is 2.33. The summed E-state index contributed by atoms with van der Waals surface area (Å²) in [7, 11) is 0. The van der Waals surface area contributed by atoms with E-state index in [1.807, 2.05) is 36.4 Å². The number of hydrogen-bond acceptors (Lipinski definition) is 1. The maximum atomic E-state index is 5.82. The molecule has 0 aliphatic heterocycles. The molecule has 3 rings (SSSR count). The lowest BCUT2D eigenvalue weighted by Crippen LogP contribution is -2.09. The van der Waals surface area contributed by atoms with E-state index in [-0.39, 0.29) is 0 Å². The van der Waals surface area contributed by atoms with Crippen LogP contribution in [0.5, 0.6) is 11.5 Å². The van der Waals surface area contributed by atoms with Crippen molar-refractivity contribution in [3.63, 3.8) is 0 Å². The van der Waals surface area contributed by atoms with E-state index in [0.717, 1.165) is 11.5 Å². The molecule has 0 unspecified atom stereocenters. The van der Waals surface area contributed by atoms with Crippen LogP contribution in [0.2, 0.25) is 0 Å². The Labute approximate surface area is 102 Å². The summed E-state index contributed by atoms with van der Waals surface area (Å²) in [4.78, 5) is 0. The molecule has 1 nitrogen and oxygen atoms in total. The predicted octanol–water partition coefficient (Wildman–Crippen LogP) is 4.59. The Bertz CT molecular complexity index is 486. The summed E-state index contributed by atoms with van der Waals surface area (Å²) in [5.74, 6) is 3.37. The van der Waals surface area contributed by atoms with Crippen LogP contribution in [0.15, 0.2) is 54.6 Å². The lowest BCUT2D eigenvalue weighted by molar-refractivity contribution is 0.480. The molecule has 2 aromatic carbocycles. The fraction of sp³-hybridized carbons (Fsp3) is 0.188. The summed E-state index contributed by atoms with van der Waals surface area (Å²) in [6, 6.07) is 18.3. The van der Waals surface area contributed by atoms with Crippen LogP contribution in [-0.2, 0) is 0 Å². The Morgan fingerprint density at radius 3 is 2.24 bits per heavy atom. The molecule has 0 saturated heterocycles. The quantitative estimate of drug-likeness (QED) is 0.739. The first-order valence-electron chi connectivity index (χ1n) is 6.10. The fourth-order valence-electron chi connectivity index (χ4n) is 2.05. The second-order valence-corrected chi connectivity index (χ2v) is 4.40. The first-order chi connectivity index (χ1) is 8.42. The van der Waals surface area contributed by atoms with Crippen molar-refractivity contribution < 1.29 is 4.74 Å². The van der Waals surface area contributed by atoms with E-state index in [9.17, 15) is 0 Å². The average molecular weight is 223 g/mol. The third-order valence-electron chi connectivity index (χ3n) is 3.18. The highest BCUT2D eigenvalue weighted by Gasteiger charge is 2.20. The SMILES string of the molecule is c1ccc(Oc2cccc([C]3CCC3)c2)cc1. The number of rotatable bonds is 3. The maximum absolute atomic E-state index is 5.82. The van der Waals surface area contributed by atoms with Gasteiger partial charge in [-0.3, -0.25) is 0 Å². The van der Waals surface area contributed by atoms with Crippen molar-refractivity contribution in [1.82, 2.24) is 0 Å². The molecule has 0 N–H and O–H groups in total. The van der Waals surface area contributed by atoms with Crippen LogP contribution >= 0.6 is 0 Å². The second kappa shape index (κ2) is 4.62. The highest BCUT2D eigenvalue weighted by Crippen LogP contribution is 2.36. The summed E-state index contributed by atoms with van der Waals surface area (Å²) in [5.41, 5.74) is 1.34. The minimum absolute atomic E-state index is 0.892. The topological polar surface area (TPSA) is 9.23 Å². The van der Waals surface area contributed by atoms with Crippen LogP contribution in [0.1, 0.15) is 24.8 Å². The molecule has 85 valence electrons. The van der Waals surface area contributed by atoms with Crippen LogP contribution in [-0.4, -0.2) is 0 Å². The first-order valence-corrected chi connectivity index (χ1v) is 6.10. The van der Waals surface area contributed by atoms with Crippen molar-refractivity contribution >= 4 is 0 Å². The van der Waals surface area contributed by atoms with Gasteiger partial charge in [-0.05, 0) is 42.7 Å². The molecule has 0 spiro atoms. The number of benzene rings is 2. The smallest absolute Gasteiger partial charge is 0.127 e. The van der Waals surface area contributed by atoms with Crippen molar-refractivity contribution in [2.24, 2.45) is 0 Å². The van der Waals surface area contributed by atoms with Gasteiger partial charge in [-0.25, -0.2) is 0 Å². The molecule has 0 aromatic heterocycles. The predicted molar refractivity (Wildman–Crippen MR) is 69.2 cm³/mol. The van der Waals surface area contributed by atoms with Gasteiger partial charge in [0, 0.05) is 5.92 Å². The van der Waals surface area contributed by atoms with Gasteiger partial charge in [0.05, 0.1) is 0 Å². The molecule has 1 radical (unpaired) electrons. The highest BCUT2D eigenvalue weighted by molar-refractivity contribution is 5.41. The zero-order valence-corrected chi connectivity index (χ0v) is 9.73. The van der Waals surface area contributed by atoms with E-state index in [4.69, 9.17) is 4.74 Å². The van der Waals surface area contributed by atoms with Gasteiger partial charge < -0.3 is 4.74 Å². The minimum Gasteiger partial charge on any atom is -0.457 e. The minimum atomic E-state index is 0.892. The van der Waals surface area contributed by atoms with E-state index >= 15 is 0 Å². The van der Waals surface area contributed by atoms with Crippen LogP contribution < -0.4 is 4.74 Å². The monoisotopic (exact) mass is 223 g/mol.